The van der Waals surface area contributed by atoms with Crippen LogP contribution in [0.5, 0.6) is 0 Å². The van der Waals surface area contributed by atoms with Crippen molar-refractivity contribution in [2.45, 2.75) is 26.7 Å². The third kappa shape index (κ3) is 2.96. The standard InChI is InChI=1S/C20H18N2O2S/c1-20(2)9-15-13(17(23)10-20)8-14(18(24)21-15)19-22-16(11-25-19)12-6-4-3-5-7-12/h3-8,11H,9-10H2,1-2H3,(H,21,24). The molecule has 0 spiro atoms. The first-order chi connectivity index (χ1) is 11.9. The molecule has 3 aromatic rings. The minimum Gasteiger partial charge on any atom is -0.325 e. The molecule has 1 aliphatic carbocycles. The molecule has 0 fully saturated rings. The highest BCUT2D eigenvalue weighted by Gasteiger charge is 2.32. The third-order valence-electron chi connectivity index (χ3n) is 4.52. The number of benzene rings is 1. The molecule has 2 aromatic heterocycles. The molecule has 0 atom stereocenters. The Morgan fingerprint density at radius 2 is 1.84 bits per heavy atom. The molecule has 1 aromatic carbocycles. The quantitative estimate of drug-likeness (QED) is 0.748. The zero-order chi connectivity index (χ0) is 17.6. The van der Waals surface area contributed by atoms with Gasteiger partial charge in [0, 0.05) is 28.6 Å². The van der Waals surface area contributed by atoms with E-state index in [1.807, 2.05) is 49.6 Å². The predicted octanol–water partition coefficient (Wildman–Crippen LogP) is 4.32. The second-order valence-electron chi connectivity index (χ2n) is 7.25. The van der Waals surface area contributed by atoms with Crippen molar-refractivity contribution < 1.29 is 4.79 Å². The molecule has 0 bridgehead atoms. The molecular formula is C20H18N2O2S. The van der Waals surface area contributed by atoms with Crippen molar-refractivity contribution in [2.75, 3.05) is 0 Å². The van der Waals surface area contributed by atoms with E-state index in [1.165, 1.54) is 11.3 Å². The van der Waals surface area contributed by atoms with Crippen LogP contribution in [-0.4, -0.2) is 15.8 Å². The molecule has 0 aliphatic heterocycles. The number of hydrogen-bond donors (Lipinski definition) is 1. The van der Waals surface area contributed by atoms with Crippen LogP contribution >= 0.6 is 11.3 Å². The second kappa shape index (κ2) is 5.77. The Kier molecular flexibility index (Phi) is 3.69. The molecule has 0 saturated carbocycles. The van der Waals surface area contributed by atoms with E-state index in [-0.39, 0.29) is 16.8 Å². The minimum atomic E-state index is -0.182. The zero-order valence-corrected chi connectivity index (χ0v) is 14.9. The number of pyridine rings is 1. The van der Waals surface area contributed by atoms with Crippen molar-refractivity contribution in [3.8, 4) is 21.8 Å². The number of carbonyl (C=O) groups excluding carboxylic acids is 1. The van der Waals surface area contributed by atoms with Crippen molar-refractivity contribution in [1.82, 2.24) is 9.97 Å². The molecule has 0 saturated heterocycles. The molecule has 1 aliphatic rings. The van der Waals surface area contributed by atoms with E-state index in [2.05, 4.69) is 9.97 Å². The lowest BCUT2D eigenvalue weighted by molar-refractivity contribution is 0.0910. The van der Waals surface area contributed by atoms with E-state index in [0.717, 1.165) is 17.0 Å². The largest absolute Gasteiger partial charge is 0.325 e. The van der Waals surface area contributed by atoms with Gasteiger partial charge in [0.15, 0.2) is 5.78 Å². The molecule has 0 unspecified atom stereocenters. The maximum atomic E-state index is 12.6. The summed E-state index contributed by atoms with van der Waals surface area (Å²) in [5.74, 6) is 0.0867. The second-order valence-corrected chi connectivity index (χ2v) is 8.11. The summed E-state index contributed by atoms with van der Waals surface area (Å²) >= 11 is 1.42. The summed E-state index contributed by atoms with van der Waals surface area (Å²) in [5.41, 5.74) is 3.40. The predicted molar refractivity (Wildman–Crippen MR) is 100 cm³/mol. The van der Waals surface area contributed by atoms with Crippen LogP contribution in [-0.2, 0) is 6.42 Å². The summed E-state index contributed by atoms with van der Waals surface area (Å²) in [6, 6.07) is 11.6. The molecule has 2 heterocycles. The van der Waals surface area contributed by atoms with E-state index >= 15 is 0 Å². The molecule has 1 N–H and O–H groups in total. The number of Topliss-reactive ketones (excluding diaryl/α,β-unsaturated/α-hetero) is 1. The Hall–Kier alpha value is -2.53. The van der Waals surface area contributed by atoms with Crippen LogP contribution in [0.3, 0.4) is 0 Å². The maximum Gasteiger partial charge on any atom is 0.258 e. The Bertz CT molecular complexity index is 1020. The van der Waals surface area contributed by atoms with Crippen LogP contribution in [0.1, 0.15) is 36.3 Å². The van der Waals surface area contributed by atoms with Crippen LogP contribution in [0.15, 0.2) is 46.6 Å². The first-order valence-corrected chi connectivity index (χ1v) is 9.12. The molecular weight excluding hydrogens is 332 g/mol. The number of fused-ring (bicyclic) bond motifs is 1. The molecule has 0 amide bonds. The summed E-state index contributed by atoms with van der Waals surface area (Å²) in [7, 11) is 0. The van der Waals surface area contributed by atoms with Gasteiger partial charge in [-0.2, -0.15) is 0 Å². The Morgan fingerprint density at radius 3 is 2.60 bits per heavy atom. The number of aromatic amines is 1. The molecule has 25 heavy (non-hydrogen) atoms. The van der Waals surface area contributed by atoms with Crippen molar-refractivity contribution >= 4 is 17.1 Å². The summed E-state index contributed by atoms with van der Waals surface area (Å²) in [6.07, 6.45) is 1.20. The highest BCUT2D eigenvalue weighted by Crippen LogP contribution is 2.35. The number of H-pyrrole nitrogens is 1. The Labute approximate surface area is 149 Å². The molecule has 126 valence electrons. The van der Waals surface area contributed by atoms with Gasteiger partial charge in [-0.05, 0) is 17.9 Å². The van der Waals surface area contributed by atoms with Gasteiger partial charge in [0.25, 0.3) is 5.56 Å². The van der Waals surface area contributed by atoms with E-state index in [4.69, 9.17) is 0 Å². The van der Waals surface area contributed by atoms with Crippen molar-refractivity contribution in [3.63, 3.8) is 0 Å². The summed E-state index contributed by atoms with van der Waals surface area (Å²) in [5, 5.41) is 2.58. The number of carbonyl (C=O) groups is 1. The topological polar surface area (TPSA) is 62.8 Å². The SMILES string of the molecule is CC1(C)CC(=O)c2cc(-c3nc(-c4ccccc4)cs3)c(=O)[nH]c2C1. The first-order valence-electron chi connectivity index (χ1n) is 8.24. The number of ketones is 1. The summed E-state index contributed by atoms with van der Waals surface area (Å²) in [4.78, 5) is 32.6. The molecule has 0 radical (unpaired) electrons. The van der Waals surface area contributed by atoms with E-state index in [1.54, 1.807) is 6.07 Å². The molecule has 4 rings (SSSR count). The smallest absolute Gasteiger partial charge is 0.258 e. The Morgan fingerprint density at radius 1 is 1.08 bits per heavy atom. The number of thiazole rings is 1. The van der Waals surface area contributed by atoms with E-state index in [0.29, 0.717) is 29.0 Å². The first kappa shape index (κ1) is 16.0. The average molecular weight is 350 g/mol. The lowest BCUT2D eigenvalue weighted by Gasteiger charge is -2.29. The number of nitrogens with zero attached hydrogens (tertiary/aromatic N) is 1. The van der Waals surface area contributed by atoms with Crippen LogP contribution in [0.4, 0.5) is 0 Å². The van der Waals surface area contributed by atoms with Gasteiger partial charge < -0.3 is 4.98 Å². The fourth-order valence-electron chi connectivity index (χ4n) is 3.33. The van der Waals surface area contributed by atoms with Crippen LogP contribution in [0, 0.1) is 5.41 Å². The average Bonchev–Trinajstić information content (AvgIpc) is 3.04. The van der Waals surface area contributed by atoms with Gasteiger partial charge in [0.1, 0.15) is 5.01 Å². The minimum absolute atomic E-state index is 0.0867. The summed E-state index contributed by atoms with van der Waals surface area (Å²) in [6.45, 7) is 4.10. The maximum absolute atomic E-state index is 12.6. The van der Waals surface area contributed by atoms with Crippen LogP contribution in [0.25, 0.3) is 21.8 Å². The highest BCUT2D eigenvalue weighted by atomic mass is 32.1. The number of hydrogen-bond acceptors (Lipinski definition) is 4. The number of nitrogens with one attached hydrogen (secondary N) is 1. The fraction of sp³-hybridized carbons (Fsp3) is 0.250. The Balaban J connectivity index is 1.78. The normalized spacial score (nSPS) is 15.8. The number of aromatic nitrogens is 2. The van der Waals surface area contributed by atoms with Gasteiger partial charge in [0.2, 0.25) is 0 Å². The summed E-state index contributed by atoms with van der Waals surface area (Å²) < 4.78 is 0. The van der Waals surface area contributed by atoms with Crippen molar-refractivity contribution in [3.05, 3.63) is 63.4 Å². The van der Waals surface area contributed by atoms with Gasteiger partial charge in [-0.25, -0.2) is 4.98 Å². The van der Waals surface area contributed by atoms with Crippen LogP contribution < -0.4 is 5.56 Å². The van der Waals surface area contributed by atoms with Gasteiger partial charge >= 0.3 is 0 Å². The highest BCUT2D eigenvalue weighted by molar-refractivity contribution is 7.13. The monoisotopic (exact) mass is 350 g/mol. The van der Waals surface area contributed by atoms with Gasteiger partial charge in [-0.1, -0.05) is 44.2 Å². The molecule has 4 nitrogen and oxygen atoms in total. The van der Waals surface area contributed by atoms with Crippen LogP contribution in [0.2, 0.25) is 0 Å². The lowest BCUT2D eigenvalue weighted by Crippen LogP contribution is -2.30. The van der Waals surface area contributed by atoms with E-state index < -0.39 is 0 Å². The fourth-order valence-corrected chi connectivity index (χ4v) is 4.17. The van der Waals surface area contributed by atoms with E-state index in [9.17, 15) is 9.59 Å². The van der Waals surface area contributed by atoms with Crippen molar-refractivity contribution in [2.24, 2.45) is 5.41 Å². The van der Waals surface area contributed by atoms with Crippen molar-refractivity contribution in [1.29, 1.82) is 0 Å². The third-order valence-corrected chi connectivity index (χ3v) is 5.40. The molecule has 5 heteroatoms. The number of rotatable bonds is 2. The van der Waals surface area contributed by atoms with Gasteiger partial charge in [-0.3, -0.25) is 9.59 Å². The zero-order valence-electron chi connectivity index (χ0n) is 14.1. The van der Waals surface area contributed by atoms with Gasteiger partial charge in [-0.15, -0.1) is 11.3 Å². The lowest BCUT2D eigenvalue weighted by atomic mass is 9.75. The van der Waals surface area contributed by atoms with Gasteiger partial charge in [0.05, 0.1) is 11.3 Å².